The zero-order valence-corrected chi connectivity index (χ0v) is 14.3. The molecule has 1 aliphatic heterocycles. The number of benzene rings is 1. The minimum atomic E-state index is -3.41. The molecule has 1 saturated heterocycles. The molecule has 1 aromatic rings. The number of aryl methyl sites for hydroxylation is 1. The van der Waals surface area contributed by atoms with E-state index >= 15 is 0 Å². The van der Waals surface area contributed by atoms with Gasteiger partial charge in [-0.05, 0) is 72.9 Å². The third-order valence-corrected chi connectivity index (χ3v) is 6.54. The topological polar surface area (TPSA) is 49.4 Å². The highest BCUT2D eigenvalue weighted by Gasteiger charge is 2.31. The van der Waals surface area contributed by atoms with Crippen LogP contribution in [0.5, 0.6) is 0 Å². The summed E-state index contributed by atoms with van der Waals surface area (Å²) < 4.78 is 27.8. The van der Waals surface area contributed by atoms with Gasteiger partial charge in [0.1, 0.15) is 0 Å². The predicted octanol–water partition coefficient (Wildman–Crippen LogP) is 2.38. The lowest BCUT2D eigenvalue weighted by Crippen LogP contribution is -2.42. The van der Waals surface area contributed by atoms with Crippen molar-refractivity contribution >= 4 is 26.0 Å². The van der Waals surface area contributed by atoms with E-state index in [9.17, 15) is 8.42 Å². The Morgan fingerprint density at radius 1 is 1.45 bits per heavy atom. The minimum Gasteiger partial charge on any atom is -0.319 e. The van der Waals surface area contributed by atoms with E-state index in [2.05, 4.69) is 21.2 Å². The summed E-state index contributed by atoms with van der Waals surface area (Å²) >= 11 is 3.36. The fourth-order valence-corrected chi connectivity index (χ4v) is 5.21. The van der Waals surface area contributed by atoms with Crippen molar-refractivity contribution in [3.05, 3.63) is 28.2 Å². The maximum atomic E-state index is 12.8. The molecular weight excluding hydrogens is 340 g/mol. The summed E-state index contributed by atoms with van der Waals surface area (Å²) in [4.78, 5) is 0.377. The molecule has 1 aromatic carbocycles. The van der Waals surface area contributed by atoms with Gasteiger partial charge >= 0.3 is 0 Å². The van der Waals surface area contributed by atoms with Crippen LogP contribution in [0.1, 0.15) is 18.4 Å². The number of piperidine rings is 1. The van der Waals surface area contributed by atoms with E-state index in [4.69, 9.17) is 0 Å². The largest absolute Gasteiger partial charge is 0.319 e. The van der Waals surface area contributed by atoms with Gasteiger partial charge in [0.05, 0.1) is 4.90 Å². The zero-order chi connectivity index (χ0) is 14.8. The fraction of sp³-hybridized carbons (Fsp3) is 0.571. The standard InChI is InChI=1S/C14H21BrN2O2S/c1-11-5-6-13(15)14(8-11)20(18,19)17-7-3-4-12(10-17)9-16-2/h5-6,8,12,16H,3-4,7,9-10H2,1-2H3/t12-/m1/s1. The normalized spacial score (nSPS) is 21.1. The van der Waals surface area contributed by atoms with Crippen LogP contribution in [0.4, 0.5) is 0 Å². The Morgan fingerprint density at radius 2 is 2.20 bits per heavy atom. The average Bonchev–Trinajstić information content (AvgIpc) is 2.42. The molecule has 0 amide bonds. The van der Waals surface area contributed by atoms with Crippen molar-refractivity contribution in [1.82, 2.24) is 9.62 Å². The zero-order valence-electron chi connectivity index (χ0n) is 11.9. The van der Waals surface area contributed by atoms with Crippen LogP contribution in [0.3, 0.4) is 0 Å². The van der Waals surface area contributed by atoms with Crippen molar-refractivity contribution in [2.75, 3.05) is 26.7 Å². The van der Waals surface area contributed by atoms with Gasteiger partial charge in [-0.3, -0.25) is 0 Å². The van der Waals surface area contributed by atoms with Crippen LogP contribution in [0.15, 0.2) is 27.6 Å². The molecule has 20 heavy (non-hydrogen) atoms. The van der Waals surface area contributed by atoms with Crippen molar-refractivity contribution in [2.24, 2.45) is 5.92 Å². The van der Waals surface area contributed by atoms with Crippen LogP contribution in [0.2, 0.25) is 0 Å². The second-order valence-corrected chi connectivity index (χ2v) is 8.12. The SMILES string of the molecule is CNC[C@H]1CCCN(S(=O)(=O)c2cc(C)ccc2Br)C1. The smallest absolute Gasteiger partial charge is 0.244 e. The number of halogens is 1. The van der Waals surface area contributed by atoms with Gasteiger partial charge in [0, 0.05) is 17.6 Å². The Hall–Kier alpha value is -0.430. The average molecular weight is 361 g/mol. The Kier molecular flexibility index (Phi) is 5.23. The van der Waals surface area contributed by atoms with Gasteiger partial charge < -0.3 is 5.32 Å². The van der Waals surface area contributed by atoms with Crippen molar-refractivity contribution in [3.63, 3.8) is 0 Å². The molecule has 4 nitrogen and oxygen atoms in total. The van der Waals surface area contributed by atoms with Gasteiger partial charge in [-0.1, -0.05) is 6.07 Å². The van der Waals surface area contributed by atoms with Crippen LogP contribution in [0, 0.1) is 12.8 Å². The summed E-state index contributed by atoms with van der Waals surface area (Å²) in [5.41, 5.74) is 0.954. The summed E-state index contributed by atoms with van der Waals surface area (Å²) in [6, 6.07) is 5.45. The monoisotopic (exact) mass is 360 g/mol. The van der Waals surface area contributed by atoms with Gasteiger partial charge in [-0.15, -0.1) is 0 Å². The number of sulfonamides is 1. The number of nitrogens with zero attached hydrogens (tertiary/aromatic N) is 1. The van der Waals surface area contributed by atoms with Gasteiger partial charge in [-0.25, -0.2) is 8.42 Å². The van der Waals surface area contributed by atoms with Crippen molar-refractivity contribution in [1.29, 1.82) is 0 Å². The molecule has 0 spiro atoms. The van der Waals surface area contributed by atoms with E-state index < -0.39 is 10.0 Å². The van der Waals surface area contributed by atoms with Crippen LogP contribution in [0.25, 0.3) is 0 Å². The number of rotatable bonds is 4. The van der Waals surface area contributed by atoms with E-state index in [-0.39, 0.29) is 0 Å². The van der Waals surface area contributed by atoms with Crippen molar-refractivity contribution < 1.29 is 8.42 Å². The van der Waals surface area contributed by atoms with Gasteiger partial charge in [-0.2, -0.15) is 4.31 Å². The van der Waals surface area contributed by atoms with Gasteiger partial charge in [0.15, 0.2) is 0 Å². The number of nitrogens with one attached hydrogen (secondary N) is 1. The molecule has 1 fully saturated rings. The first kappa shape index (κ1) is 15.9. The Morgan fingerprint density at radius 3 is 2.90 bits per heavy atom. The summed E-state index contributed by atoms with van der Waals surface area (Å²) in [5, 5.41) is 3.14. The second-order valence-electron chi connectivity index (χ2n) is 5.36. The van der Waals surface area contributed by atoms with Crippen molar-refractivity contribution in [3.8, 4) is 0 Å². The molecule has 1 N–H and O–H groups in total. The molecule has 1 atom stereocenters. The summed E-state index contributed by atoms with van der Waals surface area (Å²) in [7, 11) is -1.50. The molecule has 0 radical (unpaired) electrons. The van der Waals surface area contributed by atoms with E-state index in [0.29, 0.717) is 28.4 Å². The highest BCUT2D eigenvalue weighted by Crippen LogP contribution is 2.29. The van der Waals surface area contributed by atoms with Crippen LogP contribution < -0.4 is 5.32 Å². The van der Waals surface area contributed by atoms with Crippen LogP contribution in [-0.4, -0.2) is 39.4 Å². The number of hydrogen-bond donors (Lipinski definition) is 1. The van der Waals surface area contributed by atoms with Gasteiger partial charge in [0.25, 0.3) is 0 Å². The van der Waals surface area contributed by atoms with Gasteiger partial charge in [0.2, 0.25) is 10.0 Å². The summed E-state index contributed by atoms with van der Waals surface area (Å²) in [6.07, 6.45) is 2.01. The molecule has 0 saturated carbocycles. The quantitative estimate of drug-likeness (QED) is 0.896. The minimum absolute atomic E-state index is 0.377. The predicted molar refractivity (Wildman–Crippen MR) is 84.3 cm³/mol. The van der Waals surface area contributed by atoms with E-state index in [1.54, 1.807) is 16.4 Å². The molecule has 0 bridgehead atoms. The Balaban J connectivity index is 2.27. The fourth-order valence-electron chi connectivity index (χ4n) is 2.65. The van der Waals surface area contributed by atoms with Crippen LogP contribution >= 0.6 is 15.9 Å². The third kappa shape index (κ3) is 3.42. The highest BCUT2D eigenvalue weighted by molar-refractivity contribution is 9.10. The third-order valence-electron chi connectivity index (χ3n) is 3.68. The molecule has 0 aliphatic carbocycles. The molecule has 112 valence electrons. The lowest BCUT2D eigenvalue weighted by Gasteiger charge is -2.32. The van der Waals surface area contributed by atoms with Crippen LogP contribution in [-0.2, 0) is 10.0 Å². The first-order chi connectivity index (χ1) is 9.45. The maximum Gasteiger partial charge on any atom is 0.244 e. The molecule has 0 aromatic heterocycles. The van der Waals surface area contributed by atoms with Crippen molar-refractivity contribution in [2.45, 2.75) is 24.7 Å². The lowest BCUT2D eigenvalue weighted by atomic mass is 10.00. The molecule has 1 aliphatic rings. The highest BCUT2D eigenvalue weighted by atomic mass is 79.9. The first-order valence-electron chi connectivity index (χ1n) is 6.86. The molecule has 6 heteroatoms. The maximum absolute atomic E-state index is 12.8. The Bertz CT molecular complexity index is 573. The lowest BCUT2D eigenvalue weighted by molar-refractivity contribution is 0.263. The second kappa shape index (κ2) is 6.56. The summed E-state index contributed by atoms with van der Waals surface area (Å²) in [6.45, 7) is 3.99. The molecule has 1 heterocycles. The molecule has 2 rings (SSSR count). The Labute approximate surface area is 129 Å². The summed E-state index contributed by atoms with van der Waals surface area (Å²) in [5.74, 6) is 0.395. The molecule has 0 unspecified atom stereocenters. The number of hydrogen-bond acceptors (Lipinski definition) is 3. The first-order valence-corrected chi connectivity index (χ1v) is 9.09. The van der Waals surface area contributed by atoms with E-state index in [0.717, 1.165) is 24.9 Å². The van der Waals surface area contributed by atoms with E-state index in [1.807, 2.05) is 20.0 Å². The molecular formula is C14H21BrN2O2S. The van der Waals surface area contributed by atoms with E-state index in [1.165, 1.54) is 0 Å².